The summed E-state index contributed by atoms with van der Waals surface area (Å²) in [6.45, 7) is 13.5. The van der Waals surface area contributed by atoms with Crippen molar-refractivity contribution in [3.8, 4) is 0 Å². The summed E-state index contributed by atoms with van der Waals surface area (Å²) in [5.74, 6) is 0.435. The summed E-state index contributed by atoms with van der Waals surface area (Å²) in [5, 5.41) is 3.19. The molecule has 0 aliphatic carbocycles. The van der Waals surface area contributed by atoms with Crippen molar-refractivity contribution in [3.05, 3.63) is 65.6 Å². The number of ether oxygens (including phenoxy) is 1. The van der Waals surface area contributed by atoms with Crippen LogP contribution in [0.1, 0.15) is 54.6 Å². The molecular formula is C25H33N3O4. The molecule has 7 nitrogen and oxygen atoms in total. The number of nitrogens with zero attached hydrogens (tertiary/aromatic N) is 2. The lowest BCUT2D eigenvalue weighted by molar-refractivity contribution is 0.0561. The zero-order valence-electron chi connectivity index (χ0n) is 19.4. The molecule has 1 saturated heterocycles. The maximum atomic E-state index is 13.0. The lowest BCUT2D eigenvalue weighted by atomic mass is 9.92. The molecule has 172 valence electrons. The third kappa shape index (κ3) is 5.79. The number of rotatable bonds is 6. The van der Waals surface area contributed by atoms with Crippen molar-refractivity contribution in [1.29, 1.82) is 0 Å². The van der Waals surface area contributed by atoms with Gasteiger partial charge < -0.3 is 19.4 Å². The first-order valence-electron chi connectivity index (χ1n) is 10.9. The number of esters is 1. The van der Waals surface area contributed by atoms with Gasteiger partial charge in [-0.1, -0.05) is 30.4 Å². The second kappa shape index (κ2) is 10.0. The first kappa shape index (κ1) is 23.6. The fourth-order valence-corrected chi connectivity index (χ4v) is 3.82. The number of methoxy groups -OCH3 is 1. The maximum Gasteiger partial charge on any atom is 0.373 e. The number of furan rings is 1. The van der Waals surface area contributed by atoms with Crippen LogP contribution in [0.2, 0.25) is 0 Å². The van der Waals surface area contributed by atoms with Gasteiger partial charge in [-0.3, -0.25) is 4.90 Å². The van der Waals surface area contributed by atoms with Crippen molar-refractivity contribution < 1.29 is 18.7 Å². The molecule has 0 radical (unpaired) electrons. The lowest BCUT2D eigenvalue weighted by Crippen LogP contribution is -2.49. The first-order valence-corrected chi connectivity index (χ1v) is 10.9. The second-order valence-corrected chi connectivity index (χ2v) is 8.79. The second-order valence-electron chi connectivity index (χ2n) is 8.79. The largest absolute Gasteiger partial charge is 0.463 e. The Labute approximate surface area is 190 Å². The van der Waals surface area contributed by atoms with Crippen molar-refractivity contribution in [1.82, 2.24) is 15.1 Å². The molecule has 1 aliphatic heterocycles. The van der Waals surface area contributed by atoms with Crippen LogP contribution in [0.25, 0.3) is 5.57 Å². The van der Waals surface area contributed by atoms with E-state index in [-0.39, 0.29) is 11.8 Å². The highest BCUT2D eigenvalue weighted by Crippen LogP contribution is 2.24. The third-order valence-electron chi connectivity index (χ3n) is 5.80. The summed E-state index contributed by atoms with van der Waals surface area (Å²) in [6, 6.07) is 11.5. The predicted octanol–water partition coefficient (Wildman–Crippen LogP) is 4.25. The molecular weight excluding hydrogens is 406 g/mol. The van der Waals surface area contributed by atoms with Crippen molar-refractivity contribution in [2.75, 3.05) is 33.3 Å². The Morgan fingerprint density at radius 1 is 1.16 bits per heavy atom. The highest BCUT2D eigenvalue weighted by atomic mass is 16.5. The van der Waals surface area contributed by atoms with Gasteiger partial charge in [0.2, 0.25) is 5.76 Å². The van der Waals surface area contributed by atoms with Gasteiger partial charge in [0.15, 0.2) is 0 Å². The van der Waals surface area contributed by atoms with Crippen LogP contribution in [-0.2, 0) is 16.8 Å². The van der Waals surface area contributed by atoms with Crippen LogP contribution in [0, 0.1) is 0 Å². The van der Waals surface area contributed by atoms with E-state index in [1.165, 1.54) is 7.11 Å². The van der Waals surface area contributed by atoms with Crippen molar-refractivity contribution in [2.45, 2.75) is 39.3 Å². The van der Waals surface area contributed by atoms with Gasteiger partial charge in [-0.05, 0) is 56.5 Å². The summed E-state index contributed by atoms with van der Waals surface area (Å²) in [7, 11) is 1.33. The number of hydrogen-bond donors (Lipinski definition) is 1. The zero-order valence-corrected chi connectivity index (χ0v) is 19.4. The highest BCUT2D eigenvalue weighted by molar-refractivity contribution is 5.86. The summed E-state index contributed by atoms with van der Waals surface area (Å²) in [4.78, 5) is 28.7. The fourth-order valence-electron chi connectivity index (χ4n) is 3.82. The van der Waals surface area contributed by atoms with E-state index < -0.39 is 11.5 Å². The van der Waals surface area contributed by atoms with Crippen LogP contribution < -0.4 is 5.32 Å². The number of carbonyl (C=O) groups is 2. The fraction of sp³-hybridized carbons (Fsp3) is 0.440. The smallest absolute Gasteiger partial charge is 0.373 e. The Morgan fingerprint density at radius 3 is 2.66 bits per heavy atom. The highest BCUT2D eigenvalue weighted by Gasteiger charge is 2.27. The topological polar surface area (TPSA) is 75.0 Å². The summed E-state index contributed by atoms with van der Waals surface area (Å²) in [6.07, 6.45) is 0.865. The molecule has 3 rings (SSSR count). The van der Waals surface area contributed by atoms with E-state index in [1.54, 1.807) is 12.1 Å². The Kier molecular flexibility index (Phi) is 7.40. The van der Waals surface area contributed by atoms with E-state index in [2.05, 4.69) is 27.6 Å². The molecule has 2 aromatic rings. The molecule has 0 bridgehead atoms. The van der Waals surface area contributed by atoms with E-state index >= 15 is 0 Å². The summed E-state index contributed by atoms with van der Waals surface area (Å²) < 4.78 is 10.3. The van der Waals surface area contributed by atoms with Gasteiger partial charge in [0.05, 0.1) is 19.2 Å². The average molecular weight is 440 g/mol. The molecule has 32 heavy (non-hydrogen) atoms. The Balaban J connectivity index is 1.58. The molecule has 0 saturated carbocycles. The number of amides is 2. The zero-order chi connectivity index (χ0) is 23.3. The molecule has 1 aliphatic rings. The van der Waals surface area contributed by atoms with E-state index in [4.69, 9.17) is 4.42 Å². The molecule has 1 aromatic heterocycles. The lowest BCUT2D eigenvalue weighted by Gasteiger charge is -2.31. The standard InChI is InChI=1S/C25H33N3O4/c1-18(2)19-8-6-9-20(16-19)25(3,4)26-24(30)28-13-7-12-27(14-15-28)17-21-10-11-22(32-21)23(29)31-5/h6,8-11,16H,1,7,12-15,17H2,2-5H3,(H,26,30). The number of nitrogens with one attached hydrogen (secondary N) is 1. The Bertz CT molecular complexity index is 979. The number of carbonyl (C=O) groups excluding carboxylic acids is 2. The van der Waals surface area contributed by atoms with Gasteiger partial charge in [0, 0.05) is 26.2 Å². The Hall–Kier alpha value is -3.06. The van der Waals surface area contributed by atoms with E-state index in [1.807, 2.05) is 43.9 Å². The molecule has 0 spiro atoms. The van der Waals surface area contributed by atoms with Gasteiger partial charge in [-0.15, -0.1) is 0 Å². The maximum absolute atomic E-state index is 13.0. The molecule has 1 N–H and O–H groups in total. The van der Waals surface area contributed by atoms with Gasteiger partial charge in [-0.2, -0.15) is 0 Å². The molecule has 2 amide bonds. The van der Waals surface area contributed by atoms with Crippen molar-refractivity contribution in [3.63, 3.8) is 0 Å². The van der Waals surface area contributed by atoms with Crippen LogP contribution in [-0.4, -0.2) is 55.1 Å². The molecule has 7 heteroatoms. The molecule has 0 atom stereocenters. The van der Waals surface area contributed by atoms with Gasteiger partial charge in [0.1, 0.15) is 5.76 Å². The summed E-state index contributed by atoms with van der Waals surface area (Å²) in [5.41, 5.74) is 2.61. The minimum Gasteiger partial charge on any atom is -0.463 e. The predicted molar refractivity (Wildman–Crippen MR) is 124 cm³/mol. The van der Waals surface area contributed by atoms with Crippen LogP contribution in [0.15, 0.2) is 47.4 Å². The van der Waals surface area contributed by atoms with Crippen molar-refractivity contribution in [2.24, 2.45) is 0 Å². The molecule has 1 aromatic carbocycles. The minimum absolute atomic E-state index is 0.0662. The Morgan fingerprint density at radius 2 is 1.94 bits per heavy atom. The van der Waals surface area contributed by atoms with E-state index in [9.17, 15) is 9.59 Å². The minimum atomic E-state index is -0.507. The molecule has 0 unspecified atom stereocenters. The molecule has 2 heterocycles. The summed E-state index contributed by atoms with van der Waals surface area (Å²) >= 11 is 0. The average Bonchev–Trinajstić information content (AvgIpc) is 3.10. The van der Waals surface area contributed by atoms with Crippen LogP contribution in [0.3, 0.4) is 0 Å². The number of benzene rings is 1. The van der Waals surface area contributed by atoms with Gasteiger partial charge in [0.25, 0.3) is 0 Å². The van der Waals surface area contributed by atoms with E-state index in [0.717, 1.165) is 36.2 Å². The van der Waals surface area contributed by atoms with Crippen LogP contribution in [0.4, 0.5) is 4.79 Å². The number of allylic oxidation sites excluding steroid dienone is 1. The van der Waals surface area contributed by atoms with Crippen LogP contribution >= 0.6 is 0 Å². The van der Waals surface area contributed by atoms with Crippen molar-refractivity contribution >= 4 is 17.6 Å². The van der Waals surface area contributed by atoms with Crippen LogP contribution in [0.5, 0.6) is 0 Å². The quantitative estimate of drug-likeness (QED) is 0.681. The normalized spacial score (nSPS) is 15.2. The van der Waals surface area contributed by atoms with E-state index in [0.29, 0.717) is 25.4 Å². The molecule has 1 fully saturated rings. The monoisotopic (exact) mass is 439 g/mol. The number of hydrogen-bond acceptors (Lipinski definition) is 5. The first-order chi connectivity index (χ1) is 15.2. The van der Waals surface area contributed by atoms with Gasteiger partial charge in [-0.25, -0.2) is 9.59 Å². The van der Waals surface area contributed by atoms with Gasteiger partial charge >= 0.3 is 12.0 Å². The number of urea groups is 1. The SMILES string of the molecule is C=C(C)c1cccc(C(C)(C)NC(=O)N2CCCN(Cc3ccc(C(=O)OC)o3)CC2)c1. The third-order valence-corrected chi connectivity index (χ3v) is 5.80.